The van der Waals surface area contributed by atoms with Crippen LogP contribution in [-0.4, -0.2) is 22.6 Å². The lowest BCUT2D eigenvalue weighted by Crippen LogP contribution is -2.24. The minimum absolute atomic E-state index is 0.222. The van der Waals surface area contributed by atoms with Crippen LogP contribution < -0.4 is 5.56 Å². The fourth-order valence-electron chi connectivity index (χ4n) is 3.13. The van der Waals surface area contributed by atoms with Crippen LogP contribution in [0.3, 0.4) is 0 Å². The molecule has 0 atom stereocenters. The quantitative estimate of drug-likeness (QED) is 0.364. The SMILES string of the molecule is CC#Cc1ccc2c(=O)n(-c3ccc(F)cc3)c(CCCCC(=O)OC)nc2c1. The Kier molecular flexibility index (Phi) is 6.40. The molecule has 3 aromatic rings. The van der Waals surface area contributed by atoms with Crippen molar-refractivity contribution in [1.29, 1.82) is 0 Å². The summed E-state index contributed by atoms with van der Waals surface area (Å²) in [4.78, 5) is 29.2. The Balaban J connectivity index is 2.06. The second-order valence-corrected chi connectivity index (χ2v) is 6.54. The molecular weight excluding hydrogens is 371 g/mol. The third-order valence-corrected chi connectivity index (χ3v) is 4.55. The van der Waals surface area contributed by atoms with Crippen LogP contribution in [0.2, 0.25) is 0 Å². The molecule has 0 fully saturated rings. The first-order chi connectivity index (χ1) is 14.0. The highest BCUT2D eigenvalue weighted by atomic mass is 19.1. The lowest BCUT2D eigenvalue weighted by Gasteiger charge is -2.14. The van der Waals surface area contributed by atoms with Gasteiger partial charge in [-0.3, -0.25) is 14.2 Å². The van der Waals surface area contributed by atoms with Crippen molar-refractivity contribution >= 4 is 16.9 Å². The number of aryl methyl sites for hydroxylation is 1. The highest BCUT2D eigenvalue weighted by Crippen LogP contribution is 2.17. The molecule has 1 aromatic heterocycles. The summed E-state index contributed by atoms with van der Waals surface area (Å²) in [6.07, 6.45) is 2.07. The number of esters is 1. The van der Waals surface area contributed by atoms with E-state index >= 15 is 0 Å². The summed E-state index contributed by atoms with van der Waals surface area (Å²) in [5.74, 6) is 5.72. The zero-order valence-electron chi connectivity index (χ0n) is 16.4. The third-order valence-electron chi connectivity index (χ3n) is 4.55. The lowest BCUT2D eigenvalue weighted by atomic mass is 10.1. The summed E-state index contributed by atoms with van der Waals surface area (Å²) in [7, 11) is 1.36. The van der Waals surface area contributed by atoms with Gasteiger partial charge in [-0.25, -0.2) is 9.37 Å². The molecule has 6 heteroatoms. The normalized spacial score (nSPS) is 10.4. The van der Waals surface area contributed by atoms with Crippen LogP contribution in [0.5, 0.6) is 0 Å². The molecule has 29 heavy (non-hydrogen) atoms. The highest BCUT2D eigenvalue weighted by Gasteiger charge is 2.13. The molecule has 0 saturated carbocycles. The summed E-state index contributed by atoms with van der Waals surface area (Å²) in [5.41, 5.74) is 1.67. The number of ether oxygens (including phenoxy) is 1. The molecule has 0 bridgehead atoms. The van der Waals surface area contributed by atoms with Crippen molar-refractivity contribution in [3.63, 3.8) is 0 Å². The van der Waals surface area contributed by atoms with Crippen LogP contribution in [0.25, 0.3) is 16.6 Å². The van der Waals surface area contributed by atoms with E-state index in [1.807, 2.05) is 0 Å². The number of nitrogens with zero attached hydrogens (tertiary/aromatic N) is 2. The Labute approximate surface area is 168 Å². The van der Waals surface area contributed by atoms with Crippen molar-refractivity contribution in [3.8, 4) is 17.5 Å². The van der Waals surface area contributed by atoms with Crippen LogP contribution in [-0.2, 0) is 16.0 Å². The van der Waals surface area contributed by atoms with Gasteiger partial charge in [0.2, 0.25) is 0 Å². The average Bonchev–Trinajstić information content (AvgIpc) is 2.72. The van der Waals surface area contributed by atoms with E-state index in [4.69, 9.17) is 4.98 Å². The lowest BCUT2D eigenvalue weighted by molar-refractivity contribution is -0.140. The molecule has 3 rings (SSSR count). The van der Waals surface area contributed by atoms with Gasteiger partial charge in [0.1, 0.15) is 11.6 Å². The van der Waals surface area contributed by atoms with Crippen LogP contribution in [0, 0.1) is 17.7 Å². The summed E-state index contributed by atoms with van der Waals surface area (Å²) in [5, 5.41) is 0.467. The van der Waals surface area contributed by atoms with E-state index in [9.17, 15) is 14.0 Å². The van der Waals surface area contributed by atoms with E-state index in [0.29, 0.717) is 48.1 Å². The maximum Gasteiger partial charge on any atom is 0.305 e. The van der Waals surface area contributed by atoms with Crippen molar-refractivity contribution in [3.05, 3.63) is 70.0 Å². The number of methoxy groups -OCH3 is 1. The first kappa shape index (κ1) is 20.3. The molecular formula is C23H21FN2O3. The summed E-state index contributed by atoms with van der Waals surface area (Å²) in [6, 6.07) is 11.0. The molecule has 0 radical (unpaired) electrons. The van der Waals surface area contributed by atoms with Gasteiger partial charge in [0.05, 0.1) is 23.7 Å². The topological polar surface area (TPSA) is 61.2 Å². The zero-order chi connectivity index (χ0) is 20.8. The number of unbranched alkanes of at least 4 members (excludes halogenated alkanes) is 1. The fourth-order valence-corrected chi connectivity index (χ4v) is 3.13. The second kappa shape index (κ2) is 9.16. The van der Waals surface area contributed by atoms with E-state index in [0.717, 1.165) is 5.56 Å². The van der Waals surface area contributed by atoms with Gasteiger partial charge in [0.15, 0.2) is 0 Å². The Morgan fingerprint density at radius 3 is 2.62 bits per heavy atom. The van der Waals surface area contributed by atoms with Gasteiger partial charge in [-0.1, -0.05) is 5.92 Å². The first-order valence-electron chi connectivity index (χ1n) is 9.34. The highest BCUT2D eigenvalue weighted by molar-refractivity contribution is 5.79. The number of aromatic nitrogens is 2. The zero-order valence-corrected chi connectivity index (χ0v) is 16.4. The number of carbonyl (C=O) groups excluding carboxylic acids is 1. The number of hydrogen-bond donors (Lipinski definition) is 0. The van der Waals surface area contributed by atoms with Gasteiger partial charge in [-0.2, -0.15) is 0 Å². The Morgan fingerprint density at radius 1 is 1.17 bits per heavy atom. The number of hydrogen-bond acceptors (Lipinski definition) is 4. The van der Waals surface area contributed by atoms with Gasteiger partial charge >= 0.3 is 5.97 Å². The summed E-state index contributed by atoms with van der Waals surface area (Å²) in [6.45, 7) is 1.75. The monoisotopic (exact) mass is 392 g/mol. The van der Waals surface area contributed by atoms with Crippen molar-refractivity contribution < 1.29 is 13.9 Å². The number of halogens is 1. The molecule has 1 heterocycles. The van der Waals surface area contributed by atoms with Crippen LogP contribution in [0.4, 0.5) is 4.39 Å². The average molecular weight is 392 g/mol. The molecule has 148 valence electrons. The molecule has 0 aliphatic carbocycles. The van der Waals surface area contributed by atoms with E-state index < -0.39 is 0 Å². The molecule has 0 aliphatic heterocycles. The Bertz CT molecular complexity index is 1150. The minimum Gasteiger partial charge on any atom is -0.469 e. The van der Waals surface area contributed by atoms with E-state index in [-0.39, 0.29) is 17.3 Å². The molecule has 5 nitrogen and oxygen atoms in total. The van der Waals surface area contributed by atoms with Gasteiger partial charge in [-0.15, -0.1) is 5.92 Å². The molecule has 0 N–H and O–H groups in total. The third kappa shape index (κ3) is 4.69. The largest absolute Gasteiger partial charge is 0.469 e. The summed E-state index contributed by atoms with van der Waals surface area (Å²) < 4.78 is 19.5. The predicted octanol–water partition coefficient (Wildman–Crippen LogP) is 3.78. The second-order valence-electron chi connectivity index (χ2n) is 6.54. The van der Waals surface area contributed by atoms with Crippen molar-refractivity contribution in [2.24, 2.45) is 0 Å². The number of rotatable bonds is 6. The van der Waals surface area contributed by atoms with Gasteiger partial charge in [0.25, 0.3) is 5.56 Å². The fraction of sp³-hybridized carbons (Fsp3) is 0.261. The molecule has 0 aliphatic rings. The van der Waals surface area contributed by atoms with Crippen molar-refractivity contribution in [2.75, 3.05) is 7.11 Å². The summed E-state index contributed by atoms with van der Waals surface area (Å²) >= 11 is 0. The molecule has 0 amide bonds. The smallest absolute Gasteiger partial charge is 0.305 e. The van der Waals surface area contributed by atoms with E-state index in [1.165, 1.54) is 23.8 Å². The van der Waals surface area contributed by atoms with Crippen molar-refractivity contribution in [1.82, 2.24) is 9.55 Å². The number of fused-ring (bicyclic) bond motifs is 1. The van der Waals surface area contributed by atoms with E-state index in [2.05, 4.69) is 16.6 Å². The minimum atomic E-state index is -0.377. The first-order valence-corrected chi connectivity index (χ1v) is 9.34. The van der Waals surface area contributed by atoms with Crippen LogP contribution in [0.1, 0.15) is 37.6 Å². The van der Waals surface area contributed by atoms with Gasteiger partial charge in [-0.05, 0) is 62.2 Å². The Morgan fingerprint density at radius 2 is 1.93 bits per heavy atom. The van der Waals surface area contributed by atoms with Gasteiger partial charge < -0.3 is 4.74 Å². The van der Waals surface area contributed by atoms with Crippen LogP contribution in [0.15, 0.2) is 47.3 Å². The van der Waals surface area contributed by atoms with Gasteiger partial charge in [0, 0.05) is 18.4 Å². The maximum atomic E-state index is 13.4. The van der Waals surface area contributed by atoms with E-state index in [1.54, 1.807) is 37.3 Å². The number of carbonyl (C=O) groups is 1. The molecule has 0 saturated heterocycles. The molecule has 2 aromatic carbocycles. The standard InChI is InChI=1S/C23H21FN2O3/c1-3-6-16-9-14-19-20(15-16)25-21(7-4-5-8-22(27)29-2)26(23(19)28)18-12-10-17(24)11-13-18/h9-15H,4-5,7-8H2,1-2H3. The molecule has 0 unspecified atom stereocenters. The Hall–Kier alpha value is -3.46. The maximum absolute atomic E-state index is 13.4. The van der Waals surface area contributed by atoms with Crippen molar-refractivity contribution in [2.45, 2.75) is 32.6 Å². The molecule has 0 spiro atoms. The van der Waals surface area contributed by atoms with Crippen LogP contribution >= 0.6 is 0 Å². The number of benzene rings is 2. The predicted molar refractivity (Wildman–Crippen MR) is 109 cm³/mol.